The van der Waals surface area contributed by atoms with Crippen LogP contribution in [0.3, 0.4) is 0 Å². The summed E-state index contributed by atoms with van der Waals surface area (Å²) in [5.41, 5.74) is 7.20. The second kappa shape index (κ2) is 8.72. The lowest BCUT2D eigenvalue weighted by Crippen LogP contribution is -2.23. The third-order valence-corrected chi connectivity index (χ3v) is 9.17. The first kappa shape index (κ1) is 22.4. The molecule has 0 radical (unpaired) electrons. The Morgan fingerprint density at radius 2 is 1.62 bits per heavy atom. The zero-order chi connectivity index (χ0) is 25.9. The fraction of sp³-hybridized carbons (Fsp3) is 0.0556. The van der Waals surface area contributed by atoms with Crippen LogP contribution in [0.25, 0.3) is 55.6 Å². The Labute approximate surface area is 230 Å². The van der Waals surface area contributed by atoms with Gasteiger partial charge in [-0.15, -0.1) is 11.3 Å². The lowest BCUT2D eigenvalue weighted by atomic mass is 9.92. The zero-order valence-electron chi connectivity index (χ0n) is 21.4. The fourth-order valence-corrected chi connectivity index (χ4v) is 7.40. The molecule has 0 aliphatic heterocycles. The van der Waals surface area contributed by atoms with Gasteiger partial charge in [0.1, 0.15) is 0 Å². The predicted molar refractivity (Wildman–Crippen MR) is 169 cm³/mol. The van der Waals surface area contributed by atoms with Crippen LogP contribution in [0.1, 0.15) is 17.9 Å². The molecule has 0 amide bonds. The van der Waals surface area contributed by atoms with Crippen molar-refractivity contribution in [3.63, 3.8) is 0 Å². The molecule has 0 spiro atoms. The maximum atomic E-state index is 3.98. The van der Waals surface area contributed by atoms with Crippen LogP contribution in [0.2, 0.25) is 0 Å². The molecule has 0 bridgehead atoms. The van der Waals surface area contributed by atoms with E-state index in [0.29, 0.717) is 5.92 Å². The van der Waals surface area contributed by atoms with Crippen molar-refractivity contribution in [3.8, 4) is 0 Å². The molecule has 1 N–H and O–H groups in total. The average molecular weight is 519 g/mol. The van der Waals surface area contributed by atoms with Gasteiger partial charge in [0.25, 0.3) is 0 Å². The van der Waals surface area contributed by atoms with Crippen molar-refractivity contribution in [2.75, 3.05) is 5.32 Å². The van der Waals surface area contributed by atoms with Crippen LogP contribution in [-0.2, 0) is 0 Å². The number of allylic oxidation sites excluding steroid dienone is 1. The van der Waals surface area contributed by atoms with Crippen LogP contribution in [-0.4, -0.2) is 4.40 Å². The highest BCUT2D eigenvalue weighted by atomic mass is 32.1. The summed E-state index contributed by atoms with van der Waals surface area (Å²) in [6.07, 6.45) is 9.92. The van der Waals surface area contributed by atoms with E-state index in [4.69, 9.17) is 0 Å². The molecule has 1 aliphatic rings. The van der Waals surface area contributed by atoms with E-state index in [1.165, 1.54) is 57.9 Å². The van der Waals surface area contributed by atoms with Crippen LogP contribution >= 0.6 is 11.3 Å². The van der Waals surface area contributed by atoms with Gasteiger partial charge in [-0.05, 0) is 71.1 Å². The van der Waals surface area contributed by atoms with Crippen LogP contribution in [0, 0.1) is 0 Å². The number of hydrogen-bond donors (Lipinski definition) is 1. The van der Waals surface area contributed by atoms with Gasteiger partial charge in [-0.25, -0.2) is 0 Å². The van der Waals surface area contributed by atoms with Gasteiger partial charge in [0, 0.05) is 42.5 Å². The van der Waals surface area contributed by atoms with Crippen molar-refractivity contribution in [3.05, 3.63) is 130 Å². The van der Waals surface area contributed by atoms with Gasteiger partial charge >= 0.3 is 0 Å². The highest BCUT2D eigenvalue weighted by molar-refractivity contribution is 7.17. The topological polar surface area (TPSA) is 16.4 Å². The van der Waals surface area contributed by atoms with Crippen molar-refractivity contribution in [1.29, 1.82) is 0 Å². The summed E-state index contributed by atoms with van der Waals surface area (Å²) in [5.74, 6) is 0.413. The molecular formula is C36H26N2S. The van der Waals surface area contributed by atoms with E-state index in [2.05, 4.69) is 132 Å². The largest absolute Gasteiger partial charge is 0.356 e. The van der Waals surface area contributed by atoms with Crippen LogP contribution in [0.5, 0.6) is 0 Å². The van der Waals surface area contributed by atoms with Crippen molar-refractivity contribution >= 4 is 78.3 Å². The maximum absolute atomic E-state index is 3.98. The van der Waals surface area contributed by atoms with Crippen molar-refractivity contribution in [1.82, 2.24) is 4.40 Å². The third-order valence-electron chi connectivity index (χ3n) is 8.02. The van der Waals surface area contributed by atoms with E-state index in [-0.39, 0.29) is 0 Å². The second-order valence-corrected chi connectivity index (χ2v) is 11.4. The quantitative estimate of drug-likeness (QED) is 0.253. The number of benzene rings is 4. The Bertz CT molecular complexity index is 2250. The third kappa shape index (κ3) is 3.54. The molecule has 0 saturated heterocycles. The van der Waals surface area contributed by atoms with Crippen LogP contribution in [0.15, 0.2) is 110 Å². The van der Waals surface area contributed by atoms with Gasteiger partial charge in [0.05, 0.1) is 16.6 Å². The second-order valence-electron chi connectivity index (χ2n) is 10.3. The van der Waals surface area contributed by atoms with Crippen molar-refractivity contribution in [2.24, 2.45) is 0 Å². The van der Waals surface area contributed by atoms with Gasteiger partial charge in [-0.2, -0.15) is 0 Å². The minimum atomic E-state index is 0.413. The van der Waals surface area contributed by atoms with Gasteiger partial charge in [-0.1, -0.05) is 79.4 Å². The Kier molecular flexibility index (Phi) is 5.01. The Balaban J connectivity index is 1.12. The highest BCUT2D eigenvalue weighted by Crippen LogP contribution is 2.30. The molecule has 2 nitrogen and oxygen atoms in total. The molecule has 1 aliphatic carbocycles. The minimum Gasteiger partial charge on any atom is -0.356 e. The fourth-order valence-electron chi connectivity index (χ4n) is 6.19. The first-order valence-corrected chi connectivity index (χ1v) is 14.2. The molecule has 8 rings (SSSR count). The standard InChI is InChI=1S/C36H26N2S/c1-2-7-28-31-22-27(17-19-33(31)38-32-10-5-3-8-25(32)20-34(28)38)37-26-15-12-23(13-16-26)24-14-18-30-29-9-4-6-11-35(29)39-36(30)21-24/h2-13,15-22,24,37H,1,14H2. The zero-order valence-corrected chi connectivity index (χ0v) is 22.2. The molecule has 3 heterocycles. The molecule has 1 atom stereocenters. The summed E-state index contributed by atoms with van der Waals surface area (Å²) in [7, 11) is 0. The predicted octanol–water partition coefficient (Wildman–Crippen LogP) is 7.64. The number of nitrogens with zero attached hydrogens (tertiary/aromatic N) is 1. The molecule has 3 aromatic heterocycles. The first-order valence-electron chi connectivity index (χ1n) is 13.4. The highest BCUT2D eigenvalue weighted by Gasteiger charge is 2.14. The van der Waals surface area contributed by atoms with E-state index >= 15 is 0 Å². The molecular weight excluding hydrogens is 492 g/mol. The van der Waals surface area contributed by atoms with Gasteiger partial charge < -0.3 is 9.72 Å². The maximum Gasteiger partial charge on any atom is 0.0548 e. The number of aromatic nitrogens is 1. The van der Waals surface area contributed by atoms with E-state index < -0.39 is 0 Å². The van der Waals surface area contributed by atoms with Crippen LogP contribution in [0.4, 0.5) is 11.4 Å². The van der Waals surface area contributed by atoms with Gasteiger partial charge in [0.2, 0.25) is 0 Å². The lowest BCUT2D eigenvalue weighted by Gasteiger charge is -2.14. The van der Waals surface area contributed by atoms with Crippen molar-refractivity contribution in [2.45, 2.75) is 12.3 Å². The van der Waals surface area contributed by atoms with E-state index in [9.17, 15) is 0 Å². The molecule has 4 aromatic carbocycles. The molecule has 1 unspecified atom stereocenters. The number of rotatable bonds is 4. The molecule has 0 saturated carbocycles. The minimum absolute atomic E-state index is 0.413. The number of anilines is 2. The summed E-state index contributed by atoms with van der Waals surface area (Å²) in [5, 5.41) is 10.1. The molecule has 39 heavy (non-hydrogen) atoms. The molecule has 186 valence electrons. The summed E-state index contributed by atoms with van der Waals surface area (Å²) < 4.78 is 5.13. The lowest BCUT2D eigenvalue weighted by molar-refractivity contribution is 0.926. The number of thiophene rings is 1. The summed E-state index contributed by atoms with van der Waals surface area (Å²) in [6, 6.07) is 35.2. The van der Waals surface area contributed by atoms with Gasteiger partial charge in [-0.3, -0.25) is 0 Å². The number of para-hydroxylation sites is 1. The monoisotopic (exact) mass is 518 g/mol. The molecule has 7 aromatic rings. The molecule has 3 heteroatoms. The SMILES string of the molecule is C=CC=c1c2cc(Nc3ccc(C4C=c5sc6ccccc6c5=CC4)cc3)ccc2n2c1cc1ccccc12. The first-order chi connectivity index (χ1) is 19.3. The molecule has 0 fully saturated rings. The van der Waals surface area contributed by atoms with Crippen molar-refractivity contribution < 1.29 is 0 Å². The van der Waals surface area contributed by atoms with Gasteiger partial charge in [0.15, 0.2) is 0 Å². The summed E-state index contributed by atoms with van der Waals surface area (Å²) >= 11 is 1.90. The number of fused-ring (bicyclic) bond motifs is 8. The van der Waals surface area contributed by atoms with E-state index in [1.54, 1.807) is 0 Å². The summed E-state index contributed by atoms with van der Waals surface area (Å²) in [4.78, 5) is 0. The average Bonchev–Trinajstić information content (AvgIpc) is 3.62. The Morgan fingerprint density at radius 1 is 0.795 bits per heavy atom. The Morgan fingerprint density at radius 3 is 2.51 bits per heavy atom. The Hall–Kier alpha value is -4.60. The number of nitrogens with one attached hydrogen (secondary N) is 1. The van der Waals surface area contributed by atoms with E-state index in [1.807, 2.05) is 17.4 Å². The smallest absolute Gasteiger partial charge is 0.0548 e. The number of hydrogen-bond acceptors (Lipinski definition) is 2. The van der Waals surface area contributed by atoms with E-state index in [0.717, 1.165) is 17.8 Å². The van der Waals surface area contributed by atoms with Crippen LogP contribution < -0.4 is 20.3 Å². The summed E-state index contributed by atoms with van der Waals surface area (Å²) in [6.45, 7) is 3.98. The normalized spacial score (nSPS) is 15.5.